The highest BCUT2D eigenvalue weighted by atomic mass is 16.2. The maximum absolute atomic E-state index is 13.6. The second kappa shape index (κ2) is 12.3. The molecule has 0 saturated carbocycles. The molecule has 6 heteroatoms. The Balaban J connectivity index is 1.77. The summed E-state index contributed by atoms with van der Waals surface area (Å²) >= 11 is 0. The first-order valence-electron chi connectivity index (χ1n) is 11.9. The molecule has 0 radical (unpaired) electrons. The lowest BCUT2D eigenvalue weighted by atomic mass is 9.99. The molecule has 0 aliphatic carbocycles. The molecule has 1 N–H and O–H groups in total. The second-order valence-electron chi connectivity index (χ2n) is 8.97. The van der Waals surface area contributed by atoms with Gasteiger partial charge in [0.1, 0.15) is 6.04 Å². The minimum absolute atomic E-state index is 0.110. The second-order valence-corrected chi connectivity index (χ2v) is 8.97. The molecule has 0 spiro atoms. The molecule has 0 aliphatic heterocycles. The van der Waals surface area contributed by atoms with Gasteiger partial charge in [0.15, 0.2) is 0 Å². The van der Waals surface area contributed by atoms with Gasteiger partial charge in [0.2, 0.25) is 5.91 Å². The number of benzene rings is 3. The molecule has 3 aromatic rings. The van der Waals surface area contributed by atoms with Crippen LogP contribution in [0.5, 0.6) is 0 Å². The highest BCUT2D eigenvalue weighted by Crippen LogP contribution is 2.20. The van der Waals surface area contributed by atoms with Crippen LogP contribution < -0.4 is 5.32 Å². The molecule has 2 atom stereocenters. The fourth-order valence-electron chi connectivity index (χ4n) is 4.05. The fraction of sp³-hybridized carbons (Fsp3) is 0.310. The maximum atomic E-state index is 13.6. The number of hydrogen-bond acceptors (Lipinski definition) is 4. The Kier molecular flexibility index (Phi) is 9.18. The molecule has 2 amide bonds. The number of hydrazine groups is 1. The van der Waals surface area contributed by atoms with Gasteiger partial charge < -0.3 is 10.2 Å². The lowest BCUT2D eigenvalue weighted by Gasteiger charge is -2.35. The van der Waals surface area contributed by atoms with E-state index in [1.165, 1.54) is 0 Å². The Morgan fingerprint density at radius 2 is 1.20 bits per heavy atom. The minimum Gasteiger partial charge on any atom is -0.332 e. The zero-order valence-electron chi connectivity index (χ0n) is 21.3. The van der Waals surface area contributed by atoms with Crippen molar-refractivity contribution < 1.29 is 9.59 Å². The summed E-state index contributed by atoms with van der Waals surface area (Å²) in [6, 6.07) is 27.3. The Morgan fingerprint density at radius 3 is 1.74 bits per heavy atom. The molecule has 0 bridgehead atoms. The number of carbonyl (C=O) groups is 2. The summed E-state index contributed by atoms with van der Waals surface area (Å²) in [4.78, 5) is 28.5. The van der Waals surface area contributed by atoms with Crippen molar-refractivity contribution in [3.8, 4) is 11.1 Å². The smallest absolute Gasteiger partial charge is 0.259 e. The Labute approximate surface area is 209 Å². The standard InChI is InChI=1S/C29H36N4O2/c1-30-26(20-23-16-18-25(19-17-23)24-14-10-7-11-15-24)28(34)32(4)27(29(35)33(5)31(2)3)21-22-12-8-6-9-13-22/h6-19,26-27,30H,20-21H2,1-5H3. The topological polar surface area (TPSA) is 55.9 Å². The van der Waals surface area contributed by atoms with Crippen LogP contribution in [0.1, 0.15) is 11.1 Å². The van der Waals surface area contributed by atoms with Crippen LogP contribution in [0.25, 0.3) is 11.1 Å². The van der Waals surface area contributed by atoms with Gasteiger partial charge in [0.25, 0.3) is 5.91 Å². The average molecular weight is 473 g/mol. The van der Waals surface area contributed by atoms with Crippen molar-refractivity contribution in [2.24, 2.45) is 0 Å². The van der Waals surface area contributed by atoms with Crippen molar-refractivity contribution in [2.75, 3.05) is 35.2 Å². The van der Waals surface area contributed by atoms with Crippen LogP contribution in [-0.4, -0.2) is 74.1 Å². The lowest BCUT2D eigenvalue weighted by Crippen LogP contribution is -2.56. The van der Waals surface area contributed by atoms with Gasteiger partial charge in [-0.25, -0.2) is 5.01 Å². The van der Waals surface area contributed by atoms with E-state index in [-0.39, 0.29) is 11.8 Å². The van der Waals surface area contributed by atoms with Crippen LogP contribution in [0.3, 0.4) is 0 Å². The van der Waals surface area contributed by atoms with Crippen LogP contribution in [0.15, 0.2) is 84.9 Å². The van der Waals surface area contributed by atoms with Gasteiger partial charge in [-0.3, -0.25) is 14.6 Å². The number of likely N-dealkylation sites (N-methyl/N-ethyl adjacent to an activating group) is 3. The summed E-state index contributed by atoms with van der Waals surface area (Å²) in [5.74, 6) is -0.238. The normalized spacial score (nSPS) is 12.7. The first-order valence-corrected chi connectivity index (χ1v) is 11.9. The Hall–Kier alpha value is -3.48. The molecule has 3 aromatic carbocycles. The van der Waals surface area contributed by atoms with E-state index in [1.807, 2.05) is 62.6 Å². The zero-order chi connectivity index (χ0) is 25.4. The number of amides is 2. The van der Waals surface area contributed by atoms with E-state index in [0.29, 0.717) is 12.8 Å². The third kappa shape index (κ3) is 6.78. The molecular weight excluding hydrogens is 436 g/mol. The van der Waals surface area contributed by atoms with Crippen molar-refractivity contribution >= 4 is 11.8 Å². The van der Waals surface area contributed by atoms with Crippen molar-refractivity contribution in [3.63, 3.8) is 0 Å². The molecule has 6 nitrogen and oxygen atoms in total. The quantitative estimate of drug-likeness (QED) is 0.459. The molecular formula is C29H36N4O2. The fourth-order valence-corrected chi connectivity index (χ4v) is 4.05. The van der Waals surface area contributed by atoms with Gasteiger partial charge >= 0.3 is 0 Å². The molecule has 2 unspecified atom stereocenters. The molecule has 0 fully saturated rings. The van der Waals surface area contributed by atoms with Gasteiger partial charge in [0.05, 0.1) is 6.04 Å². The highest BCUT2D eigenvalue weighted by molar-refractivity contribution is 5.89. The van der Waals surface area contributed by atoms with Gasteiger partial charge in [-0.2, -0.15) is 0 Å². The summed E-state index contributed by atoms with van der Waals surface area (Å²) in [5.41, 5.74) is 4.36. The summed E-state index contributed by atoms with van der Waals surface area (Å²) in [6.45, 7) is 0. The van der Waals surface area contributed by atoms with E-state index < -0.39 is 12.1 Å². The van der Waals surface area contributed by atoms with Gasteiger partial charge in [-0.05, 0) is 35.7 Å². The van der Waals surface area contributed by atoms with Crippen LogP contribution in [-0.2, 0) is 22.4 Å². The molecule has 0 aliphatic rings. The Morgan fingerprint density at radius 1 is 0.686 bits per heavy atom. The van der Waals surface area contributed by atoms with E-state index in [2.05, 4.69) is 41.7 Å². The number of rotatable bonds is 10. The van der Waals surface area contributed by atoms with E-state index in [4.69, 9.17) is 0 Å². The average Bonchev–Trinajstić information content (AvgIpc) is 2.90. The summed E-state index contributed by atoms with van der Waals surface area (Å²) in [6.07, 6.45) is 0.979. The van der Waals surface area contributed by atoms with Gasteiger partial charge in [-0.15, -0.1) is 0 Å². The molecule has 3 rings (SSSR count). The molecule has 0 aromatic heterocycles. The zero-order valence-corrected chi connectivity index (χ0v) is 21.3. The van der Waals surface area contributed by atoms with Crippen molar-refractivity contribution in [1.29, 1.82) is 0 Å². The Bertz CT molecular complexity index is 1080. The van der Waals surface area contributed by atoms with Crippen LogP contribution in [0, 0.1) is 0 Å². The molecule has 35 heavy (non-hydrogen) atoms. The van der Waals surface area contributed by atoms with Gasteiger partial charge in [0, 0.05) is 34.6 Å². The summed E-state index contributed by atoms with van der Waals surface area (Å²) in [5, 5.41) is 6.44. The summed E-state index contributed by atoms with van der Waals surface area (Å²) < 4.78 is 0. The third-order valence-electron chi connectivity index (χ3n) is 6.44. The highest BCUT2D eigenvalue weighted by Gasteiger charge is 2.33. The monoisotopic (exact) mass is 472 g/mol. The lowest BCUT2D eigenvalue weighted by molar-refractivity contribution is -0.152. The van der Waals surface area contributed by atoms with Crippen molar-refractivity contribution in [1.82, 2.24) is 20.2 Å². The van der Waals surface area contributed by atoms with Crippen molar-refractivity contribution in [2.45, 2.75) is 24.9 Å². The third-order valence-corrected chi connectivity index (χ3v) is 6.44. The maximum Gasteiger partial charge on any atom is 0.259 e. The van der Waals surface area contributed by atoms with Crippen molar-refractivity contribution in [3.05, 3.63) is 96.1 Å². The molecule has 0 saturated heterocycles. The van der Waals surface area contributed by atoms with Gasteiger partial charge in [-0.1, -0.05) is 84.9 Å². The first-order chi connectivity index (χ1) is 16.8. The van der Waals surface area contributed by atoms with Crippen LogP contribution >= 0.6 is 0 Å². The molecule has 184 valence electrons. The van der Waals surface area contributed by atoms with Crippen LogP contribution in [0.2, 0.25) is 0 Å². The number of nitrogens with zero attached hydrogens (tertiary/aromatic N) is 3. The number of nitrogens with one attached hydrogen (secondary N) is 1. The number of hydrogen-bond donors (Lipinski definition) is 1. The summed E-state index contributed by atoms with van der Waals surface area (Å²) in [7, 11) is 8.86. The predicted octanol–water partition coefficient (Wildman–Crippen LogP) is 3.49. The number of carbonyl (C=O) groups excluding carboxylic acids is 2. The van der Waals surface area contributed by atoms with E-state index in [9.17, 15) is 9.59 Å². The van der Waals surface area contributed by atoms with Crippen LogP contribution in [0.4, 0.5) is 0 Å². The largest absolute Gasteiger partial charge is 0.332 e. The van der Waals surface area contributed by atoms with E-state index in [0.717, 1.165) is 22.3 Å². The first kappa shape index (κ1) is 26.1. The molecule has 0 heterocycles. The van der Waals surface area contributed by atoms with E-state index in [1.54, 1.807) is 36.1 Å². The SMILES string of the molecule is CNC(Cc1ccc(-c2ccccc2)cc1)C(=O)N(C)C(Cc1ccccc1)C(=O)N(C)N(C)C. The predicted molar refractivity (Wildman–Crippen MR) is 142 cm³/mol. The van der Waals surface area contributed by atoms with E-state index >= 15 is 0 Å². The minimum atomic E-state index is -0.617.